The van der Waals surface area contributed by atoms with Crippen molar-refractivity contribution in [3.63, 3.8) is 0 Å². The third-order valence-electron chi connectivity index (χ3n) is 2.78. The fourth-order valence-electron chi connectivity index (χ4n) is 1.93. The molecule has 0 bridgehead atoms. The smallest absolute Gasteiger partial charge is 0.0726 e. The Kier molecular flexibility index (Phi) is 3.53. The van der Waals surface area contributed by atoms with Gasteiger partial charge in [-0.1, -0.05) is 12.1 Å². The molecule has 0 atom stereocenters. The molecule has 0 radical (unpaired) electrons. The first kappa shape index (κ1) is 12.5. The molecule has 0 aliphatic heterocycles. The fourth-order valence-corrected chi connectivity index (χ4v) is 1.93. The summed E-state index contributed by atoms with van der Waals surface area (Å²) in [4.78, 5) is 4.61. The fraction of sp³-hybridized carbons (Fsp3) is 0.0714. The van der Waals surface area contributed by atoms with Gasteiger partial charge >= 0.3 is 0 Å². The van der Waals surface area contributed by atoms with Gasteiger partial charge in [0, 0.05) is 23.5 Å². The van der Waals surface area contributed by atoms with E-state index in [9.17, 15) is 0 Å². The molecule has 4 heteroatoms. The topological polar surface area (TPSA) is 43.8 Å². The van der Waals surface area contributed by atoms with Crippen LogP contribution in [0.4, 0.5) is 5.69 Å². The minimum absolute atomic E-state index is 0. The van der Waals surface area contributed by atoms with Crippen molar-refractivity contribution in [2.45, 2.75) is 6.54 Å². The lowest BCUT2D eigenvalue weighted by Gasteiger charge is -2.05. The predicted octanol–water partition coefficient (Wildman–Crippen LogP) is 3.09. The number of hydrogen-bond donors (Lipinski definition) is 1. The van der Waals surface area contributed by atoms with E-state index in [1.165, 1.54) is 0 Å². The molecular formula is C14H14ClN3. The molecule has 2 aromatic heterocycles. The van der Waals surface area contributed by atoms with Gasteiger partial charge in [-0.15, -0.1) is 12.4 Å². The van der Waals surface area contributed by atoms with E-state index in [1.54, 1.807) is 0 Å². The van der Waals surface area contributed by atoms with Crippen LogP contribution in [0.3, 0.4) is 0 Å². The number of anilines is 1. The third-order valence-corrected chi connectivity index (χ3v) is 2.78. The molecule has 0 aliphatic rings. The van der Waals surface area contributed by atoms with E-state index in [0.29, 0.717) is 0 Å². The van der Waals surface area contributed by atoms with Crippen LogP contribution in [0.1, 0.15) is 5.69 Å². The summed E-state index contributed by atoms with van der Waals surface area (Å²) >= 11 is 0. The number of aromatic nitrogens is 2. The maximum Gasteiger partial charge on any atom is 0.0726 e. The molecule has 0 spiro atoms. The molecule has 3 aromatic rings. The molecule has 2 heterocycles. The van der Waals surface area contributed by atoms with Crippen molar-refractivity contribution < 1.29 is 0 Å². The summed E-state index contributed by atoms with van der Waals surface area (Å²) in [6, 6.07) is 14.0. The Morgan fingerprint density at radius 1 is 1.06 bits per heavy atom. The lowest BCUT2D eigenvalue weighted by molar-refractivity contribution is 0.785. The monoisotopic (exact) mass is 259 g/mol. The van der Waals surface area contributed by atoms with E-state index in [2.05, 4.69) is 21.7 Å². The van der Waals surface area contributed by atoms with E-state index >= 15 is 0 Å². The highest BCUT2D eigenvalue weighted by Crippen LogP contribution is 2.16. The Balaban J connectivity index is 0.00000120. The number of nitrogens with zero attached hydrogens (tertiary/aromatic N) is 2. The second kappa shape index (κ2) is 5.10. The first-order valence-electron chi connectivity index (χ1n) is 5.57. The lowest BCUT2D eigenvalue weighted by Crippen LogP contribution is -1.99. The minimum Gasteiger partial charge on any atom is -0.399 e. The zero-order valence-corrected chi connectivity index (χ0v) is 10.6. The van der Waals surface area contributed by atoms with Gasteiger partial charge in [0.05, 0.1) is 17.8 Å². The molecule has 18 heavy (non-hydrogen) atoms. The second-order valence-electron chi connectivity index (χ2n) is 4.11. The standard InChI is InChI=1S/C14H13N3.ClH/c15-12-5-3-11-4-6-13(16-14(11)9-12)10-17-7-1-2-8-17;/h1-9H,10,15H2;1H. The molecule has 0 unspecified atom stereocenters. The number of rotatable bonds is 2. The van der Waals surface area contributed by atoms with Gasteiger partial charge in [-0.05, 0) is 30.3 Å². The number of nitrogen functional groups attached to an aromatic ring is 1. The number of hydrogen-bond acceptors (Lipinski definition) is 2. The van der Waals surface area contributed by atoms with Crippen LogP contribution in [0.5, 0.6) is 0 Å². The van der Waals surface area contributed by atoms with E-state index in [-0.39, 0.29) is 12.4 Å². The maximum absolute atomic E-state index is 5.76. The molecule has 0 saturated heterocycles. The maximum atomic E-state index is 5.76. The highest BCUT2D eigenvalue weighted by molar-refractivity contribution is 5.85. The number of halogens is 1. The predicted molar refractivity (Wildman–Crippen MR) is 76.9 cm³/mol. The van der Waals surface area contributed by atoms with Crippen molar-refractivity contribution in [3.8, 4) is 0 Å². The average Bonchev–Trinajstić information content (AvgIpc) is 2.81. The van der Waals surface area contributed by atoms with Crippen molar-refractivity contribution in [2.75, 3.05) is 5.73 Å². The summed E-state index contributed by atoms with van der Waals surface area (Å²) in [5.74, 6) is 0. The van der Waals surface area contributed by atoms with Crippen LogP contribution in [-0.4, -0.2) is 9.55 Å². The summed E-state index contributed by atoms with van der Waals surface area (Å²) in [5, 5.41) is 1.12. The van der Waals surface area contributed by atoms with E-state index in [4.69, 9.17) is 5.73 Å². The molecule has 3 nitrogen and oxygen atoms in total. The van der Waals surface area contributed by atoms with Gasteiger partial charge in [-0.2, -0.15) is 0 Å². The van der Waals surface area contributed by atoms with Gasteiger partial charge in [-0.3, -0.25) is 4.98 Å². The van der Waals surface area contributed by atoms with Crippen LogP contribution >= 0.6 is 12.4 Å². The molecule has 0 fully saturated rings. The van der Waals surface area contributed by atoms with Crippen LogP contribution in [0.2, 0.25) is 0 Å². The van der Waals surface area contributed by atoms with Crippen molar-refractivity contribution in [3.05, 3.63) is 60.6 Å². The second-order valence-corrected chi connectivity index (χ2v) is 4.11. The Labute approximate surface area is 112 Å². The van der Waals surface area contributed by atoms with E-state index in [1.807, 2.05) is 42.7 Å². The normalized spacial score (nSPS) is 10.2. The Bertz CT molecular complexity index is 647. The van der Waals surface area contributed by atoms with Crippen LogP contribution in [-0.2, 0) is 6.54 Å². The van der Waals surface area contributed by atoms with Gasteiger partial charge in [0.15, 0.2) is 0 Å². The van der Waals surface area contributed by atoms with Crippen LogP contribution < -0.4 is 5.73 Å². The molecule has 1 aromatic carbocycles. The molecule has 92 valence electrons. The Hall–Kier alpha value is -2.00. The molecule has 0 aliphatic carbocycles. The molecular weight excluding hydrogens is 246 g/mol. The summed E-state index contributed by atoms with van der Waals surface area (Å²) in [6.07, 6.45) is 4.07. The van der Waals surface area contributed by atoms with Crippen LogP contribution in [0.15, 0.2) is 54.9 Å². The third kappa shape index (κ3) is 2.46. The highest BCUT2D eigenvalue weighted by atomic mass is 35.5. The summed E-state index contributed by atoms with van der Waals surface area (Å²) in [5.41, 5.74) is 8.51. The van der Waals surface area contributed by atoms with Gasteiger partial charge in [0.1, 0.15) is 0 Å². The van der Waals surface area contributed by atoms with Gasteiger partial charge in [0.25, 0.3) is 0 Å². The largest absolute Gasteiger partial charge is 0.399 e. The summed E-state index contributed by atoms with van der Waals surface area (Å²) in [7, 11) is 0. The van der Waals surface area contributed by atoms with Crippen LogP contribution in [0.25, 0.3) is 10.9 Å². The lowest BCUT2D eigenvalue weighted by atomic mass is 10.2. The van der Waals surface area contributed by atoms with Crippen molar-refractivity contribution in [1.29, 1.82) is 0 Å². The summed E-state index contributed by atoms with van der Waals surface area (Å²) in [6.45, 7) is 0.789. The van der Waals surface area contributed by atoms with Gasteiger partial charge < -0.3 is 10.3 Å². The van der Waals surface area contributed by atoms with Gasteiger partial charge in [-0.25, -0.2) is 0 Å². The number of benzene rings is 1. The Morgan fingerprint density at radius 2 is 1.78 bits per heavy atom. The molecule has 0 amide bonds. The first-order valence-corrected chi connectivity index (χ1v) is 5.57. The van der Waals surface area contributed by atoms with E-state index in [0.717, 1.165) is 28.8 Å². The first-order chi connectivity index (χ1) is 8.31. The highest BCUT2D eigenvalue weighted by Gasteiger charge is 1.99. The van der Waals surface area contributed by atoms with Crippen LogP contribution in [0, 0.1) is 0 Å². The summed E-state index contributed by atoms with van der Waals surface area (Å²) < 4.78 is 2.10. The molecule has 0 saturated carbocycles. The SMILES string of the molecule is Cl.Nc1ccc2ccc(Cn3cccc3)nc2c1. The average molecular weight is 260 g/mol. The Morgan fingerprint density at radius 3 is 2.56 bits per heavy atom. The van der Waals surface area contributed by atoms with Crippen molar-refractivity contribution in [2.24, 2.45) is 0 Å². The zero-order valence-electron chi connectivity index (χ0n) is 9.78. The zero-order chi connectivity index (χ0) is 11.7. The van der Waals surface area contributed by atoms with E-state index < -0.39 is 0 Å². The van der Waals surface area contributed by atoms with Gasteiger partial charge in [0.2, 0.25) is 0 Å². The van der Waals surface area contributed by atoms with Crippen molar-refractivity contribution >= 4 is 29.0 Å². The number of pyridine rings is 1. The minimum atomic E-state index is 0. The molecule has 3 rings (SSSR count). The molecule has 2 N–H and O–H groups in total. The number of nitrogens with two attached hydrogens (primary N) is 1. The van der Waals surface area contributed by atoms with Crippen molar-refractivity contribution in [1.82, 2.24) is 9.55 Å². The number of fused-ring (bicyclic) bond motifs is 1. The quantitative estimate of drug-likeness (QED) is 0.719.